The van der Waals surface area contributed by atoms with Crippen molar-refractivity contribution in [2.45, 2.75) is 5.92 Å². The van der Waals surface area contributed by atoms with Gasteiger partial charge in [-0.25, -0.2) is 18.4 Å². The Morgan fingerprint density at radius 2 is 1.75 bits per heavy atom. The number of hydrogen-bond donors (Lipinski definition) is 1. The normalized spacial score (nSPS) is 16.0. The molecule has 0 fully saturated rings. The second kappa shape index (κ2) is 9.08. The number of nitriles is 1. The number of halogens is 3. The van der Waals surface area contributed by atoms with Gasteiger partial charge in [0, 0.05) is 5.02 Å². The van der Waals surface area contributed by atoms with Crippen molar-refractivity contribution < 1.29 is 27.8 Å². The van der Waals surface area contributed by atoms with Gasteiger partial charge >= 0.3 is 11.9 Å². The van der Waals surface area contributed by atoms with Crippen molar-refractivity contribution in [3.8, 4) is 6.07 Å². The highest BCUT2D eigenvalue weighted by Crippen LogP contribution is 2.44. The molecular weight excluding hydrogens is 444 g/mol. The van der Waals surface area contributed by atoms with Gasteiger partial charge in [0.15, 0.2) is 11.6 Å². The van der Waals surface area contributed by atoms with Gasteiger partial charge in [-0.3, -0.25) is 4.90 Å². The summed E-state index contributed by atoms with van der Waals surface area (Å²) in [6.07, 6.45) is 0. The summed E-state index contributed by atoms with van der Waals surface area (Å²) < 4.78 is 38.6. The van der Waals surface area contributed by atoms with Gasteiger partial charge in [0.05, 0.1) is 43.0 Å². The number of rotatable bonds is 4. The molecule has 2 aromatic carbocycles. The number of ether oxygens (including phenoxy) is 2. The van der Waals surface area contributed by atoms with Crippen molar-refractivity contribution in [1.82, 2.24) is 0 Å². The Morgan fingerprint density at radius 3 is 2.31 bits per heavy atom. The highest BCUT2D eigenvalue weighted by atomic mass is 35.5. The minimum Gasteiger partial charge on any atom is -0.466 e. The van der Waals surface area contributed by atoms with Crippen molar-refractivity contribution in [1.29, 1.82) is 5.26 Å². The molecule has 0 bridgehead atoms. The van der Waals surface area contributed by atoms with Crippen LogP contribution in [0, 0.1) is 23.0 Å². The summed E-state index contributed by atoms with van der Waals surface area (Å²) in [7, 11) is 2.11. The zero-order chi connectivity index (χ0) is 23.6. The van der Waals surface area contributed by atoms with E-state index in [0.717, 1.165) is 31.3 Å². The highest BCUT2D eigenvalue weighted by molar-refractivity contribution is 6.31. The Kier molecular flexibility index (Phi) is 6.46. The molecule has 0 spiro atoms. The number of benzene rings is 2. The van der Waals surface area contributed by atoms with Gasteiger partial charge in [-0.05, 0) is 17.7 Å². The number of methoxy groups -OCH3 is 2. The Morgan fingerprint density at radius 1 is 1.12 bits per heavy atom. The van der Waals surface area contributed by atoms with E-state index in [4.69, 9.17) is 26.8 Å². The highest BCUT2D eigenvalue weighted by Gasteiger charge is 2.43. The molecule has 0 aliphatic carbocycles. The van der Waals surface area contributed by atoms with Crippen LogP contribution in [0.15, 0.2) is 65.1 Å². The van der Waals surface area contributed by atoms with E-state index in [1.54, 1.807) is 30.3 Å². The lowest BCUT2D eigenvalue weighted by Crippen LogP contribution is -2.41. The first-order valence-corrected chi connectivity index (χ1v) is 9.44. The SMILES string of the molecule is COC(=O)C1=C(C(=O)OC)N(c2cc(Cl)cc(F)c2F)C(N)=C(C#N)C1c1ccccc1. The Bertz CT molecular complexity index is 1210. The van der Waals surface area contributed by atoms with Crippen molar-refractivity contribution in [2.75, 3.05) is 19.1 Å². The monoisotopic (exact) mass is 459 g/mol. The van der Waals surface area contributed by atoms with Crippen LogP contribution in [-0.2, 0) is 19.1 Å². The predicted molar refractivity (Wildman–Crippen MR) is 111 cm³/mol. The summed E-state index contributed by atoms with van der Waals surface area (Å²) in [5, 5.41) is 9.68. The van der Waals surface area contributed by atoms with Crippen LogP contribution in [0.1, 0.15) is 11.5 Å². The lowest BCUT2D eigenvalue weighted by molar-refractivity contribution is -0.139. The fourth-order valence-electron chi connectivity index (χ4n) is 3.47. The molecule has 0 aromatic heterocycles. The third-order valence-electron chi connectivity index (χ3n) is 4.83. The van der Waals surface area contributed by atoms with Crippen LogP contribution in [0.4, 0.5) is 14.5 Å². The van der Waals surface area contributed by atoms with Crippen LogP contribution >= 0.6 is 11.6 Å². The zero-order valence-electron chi connectivity index (χ0n) is 16.9. The maximum absolute atomic E-state index is 14.8. The third-order valence-corrected chi connectivity index (χ3v) is 5.04. The largest absolute Gasteiger partial charge is 0.466 e. The van der Waals surface area contributed by atoms with Gasteiger partial charge in [-0.1, -0.05) is 41.9 Å². The van der Waals surface area contributed by atoms with Gasteiger partial charge in [-0.15, -0.1) is 0 Å². The van der Waals surface area contributed by atoms with Gasteiger partial charge in [0.2, 0.25) is 0 Å². The second-order valence-corrected chi connectivity index (χ2v) is 6.99. The molecule has 10 heteroatoms. The summed E-state index contributed by atoms with van der Waals surface area (Å²) >= 11 is 5.89. The molecule has 0 saturated carbocycles. The van der Waals surface area contributed by atoms with Crippen LogP contribution < -0.4 is 10.6 Å². The first-order chi connectivity index (χ1) is 15.3. The molecule has 1 heterocycles. The van der Waals surface area contributed by atoms with Crippen LogP contribution in [0.2, 0.25) is 5.02 Å². The standard InChI is InChI=1S/C22H16ClF2N3O4/c1-31-21(29)17-16(11-6-4-3-5-7-11)13(10-26)20(27)28(19(17)22(30)32-2)15-9-12(23)8-14(24)18(15)25/h3-9,16H,27H2,1-2H3. The average molecular weight is 460 g/mol. The van der Waals surface area contributed by atoms with Crippen LogP contribution in [0.3, 0.4) is 0 Å². The first kappa shape index (κ1) is 22.8. The molecule has 2 aromatic rings. The molecule has 1 unspecified atom stereocenters. The van der Waals surface area contributed by atoms with Crippen molar-refractivity contribution in [2.24, 2.45) is 5.73 Å². The molecule has 2 N–H and O–H groups in total. The number of hydrogen-bond acceptors (Lipinski definition) is 7. The molecule has 1 atom stereocenters. The lowest BCUT2D eigenvalue weighted by Gasteiger charge is -2.36. The van der Waals surface area contributed by atoms with E-state index in [9.17, 15) is 23.6 Å². The third kappa shape index (κ3) is 3.76. The topological polar surface area (TPSA) is 106 Å². The summed E-state index contributed by atoms with van der Waals surface area (Å²) in [6.45, 7) is 0. The maximum atomic E-state index is 14.8. The number of nitrogens with zero attached hydrogens (tertiary/aromatic N) is 2. The van der Waals surface area contributed by atoms with Crippen LogP contribution in [-0.4, -0.2) is 26.2 Å². The van der Waals surface area contributed by atoms with Crippen molar-refractivity contribution in [3.05, 3.63) is 87.3 Å². The lowest BCUT2D eigenvalue weighted by atomic mass is 9.81. The zero-order valence-corrected chi connectivity index (χ0v) is 17.6. The molecule has 3 rings (SSSR count). The maximum Gasteiger partial charge on any atom is 0.355 e. The summed E-state index contributed by atoms with van der Waals surface area (Å²) in [5.74, 6) is -6.36. The molecule has 0 amide bonds. The molecule has 7 nitrogen and oxygen atoms in total. The van der Waals surface area contributed by atoms with E-state index in [0.29, 0.717) is 5.56 Å². The van der Waals surface area contributed by atoms with Crippen LogP contribution in [0.25, 0.3) is 0 Å². The van der Waals surface area contributed by atoms with Crippen molar-refractivity contribution >= 4 is 29.2 Å². The second-order valence-electron chi connectivity index (χ2n) is 6.56. The van der Waals surface area contributed by atoms with Gasteiger partial charge in [0.1, 0.15) is 11.5 Å². The van der Waals surface area contributed by atoms with E-state index < -0.39 is 46.7 Å². The number of carbonyl (C=O) groups excluding carboxylic acids is 2. The Labute approximate surface area is 186 Å². The van der Waals surface area contributed by atoms with Crippen LogP contribution in [0.5, 0.6) is 0 Å². The van der Waals surface area contributed by atoms with Crippen molar-refractivity contribution in [3.63, 3.8) is 0 Å². The van der Waals surface area contributed by atoms with Gasteiger partial charge in [-0.2, -0.15) is 5.26 Å². The number of anilines is 1. The summed E-state index contributed by atoms with van der Waals surface area (Å²) in [4.78, 5) is 26.4. The number of allylic oxidation sites excluding steroid dienone is 1. The Hall–Kier alpha value is -3.90. The Balaban J connectivity index is 2.47. The minimum atomic E-state index is -1.40. The molecule has 0 radical (unpaired) electrons. The quantitative estimate of drug-likeness (QED) is 0.550. The first-order valence-electron chi connectivity index (χ1n) is 9.06. The minimum absolute atomic E-state index is 0.191. The van der Waals surface area contributed by atoms with E-state index in [-0.39, 0.29) is 16.2 Å². The number of esters is 2. The van der Waals surface area contributed by atoms with E-state index in [2.05, 4.69) is 0 Å². The fourth-order valence-corrected chi connectivity index (χ4v) is 3.67. The molecule has 0 saturated heterocycles. The van der Waals surface area contributed by atoms with E-state index in [1.165, 1.54) is 0 Å². The predicted octanol–water partition coefficient (Wildman–Crippen LogP) is 3.52. The van der Waals surface area contributed by atoms with Gasteiger partial charge in [0.25, 0.3) is 0 Å². The number of carbonyl (C=O) groups is 2. The molecule has 32 heavy (non-hydrogen) atoms. The van der Waals surface area contributed by atoms with Gasteiger partial charge < -0.3 is 15.2 Å². The average Bonchev–Trinajstić information content (AvgIpc) is 2.80. The molecular formula is C22H16ClF2N3O4. The smallest absolute Gasteiger partial charge is 0.355 e. The molecule has 164 valence electrons. The molecule has 1 aliphatic rings. The van der Waals surface area contributed by atoms with E-state index in [1.807, 2.05) is 6.07 Å². The van der Waals surface area contributed by atoms with E-state index >= 15 is 0 Å². The number of nitrogens with two attached hydrogens (primary N) is 1. The summed E-state index contributed by atoms with van der Waals surface area (Å²) in [5.41, 5.74) is 4.99. The summed E-state index contributed by atoms with van der Waals surface area (Å²) in [6, 6.07) is 11.9. The fraction of sp³-hybridized carbons (Fsp3) is 0.136. The molecule has 1 aliphatic heterocycles.